The van der Waals surface area contributed by atoms with Gasteiger partial charge in [-0.15, -0.1) is 0 Å². The first-order valence-corrected chi connectivity index (χ1v) is 11.4. The number of hydrogen-bond donors (Lipinski definition) is 0. The van der Waals surface area contributed by atoms with E-state index in [0.29, 0.717) is 42.3 Å². The Labute approximate surface area is 205 Å². The number of carbonyl (C=O) groups is 2. The molecule has 2 aromatic rings. The van der Waals surface area contributed by atoms with Gasteiger partial charge in [0.2, 0.25) is 0 Å². The standard InChI is InChI=1S/C24H22ClF3N4O3/c25-18-2-1-3-19(12-18)30-8-10-31(11-9-30)20-14-32(15-21(20)35-23(34)24(26,27)28)22(33)17-6-4-16(13-29)5-7-17/h1-7,12,20-21H,8-11,14-15H2/t20-,21-/m0/s1. The van der Waals surface area contributed by atoms with Crippen LogP contribution in [0.3, 0.4) is 0 Å². The van der Waals surface area contributed by atoms with Gasteiger partial charge in [0.05, 0.1) is 24.2 Å². The number of esters is 1. The Kier molecular flexibility index (Phi) is 7.19. The van der Waals surface area contributed by atoms with Gasteiger partial charge in [-0.3, -0.25) is 9.69 Å². The number of halogens is 4. The van der Waals surface area contributed by atoms with Crippen molar-refractivity contribution in [3.8, 4) is 6.07 Å². The first-order chi connectivity index (χ1) is 16.7. The third-order valence-corrected chi connectivity index (χ3v) is 6.47. The van der Waals surface area contributed by atoms with Gasteiger partial charge in [0.25, 0.3) is 5.91 Å². The zero-order valence-electron chi connectivity index (χ0n) is 18.5. The molecule has 4 rings (SSSR count). The molecule has 2 aromatic carbocycles. The number of piperazine rings is 1. The maximum Gasteiger partial charge on any atom is 0.490 e. The molecule has 0 spiro atoms. The molecule has 0 radical (unpaired) electrons. The summed E-state index contributed by atoms with van der Waals surface area (Å²) < 4.78 is 43.6. The number of amides is 1. The lowest BCUT2D eigenvalue weighted by molar-refractivity contribution is -0.206. The molecule has 2 saturated heterocycles. The van der Waals surface area contributed by atoms with Crippen molar-refractivity contribution < 1.29 is 27.5 Å². The molecule has 0 aromatic heterocycles. The van der Waals surface area contributed by atoms with Crippen LogP contribution in [-0.2, 0) is 9.53 Å². The molecule has 2 heterocycles. The normalized spacial score (nSPS) is 21.0. The van der Waals surface area contributed by atoms with Crippen LogP contribution >= 0.6 is 11.6 Å². The second-order valence-electron chi connectivity index (χ2n) is 8.41. The SMILES string of the molecule is N#Cc1ccc(C(=O)N2C[C@H](OC(=O)C(F)(F)F)[C@@H](N3CCN(c4cccc(Cl)c4)CC3)C2)cc1. The van der Waals surface area contributed by atoms with Gasteiger partial charge in [-0.25, -0.2) is 4.79 Å². The lowest BCUT2D eigenvalue weighted by atomic mass is 10.1. The van der Waals surface area contributed by atoms with Crippen LogP contribution in [0.2, 0.25) is 5.02 Å². The molecule has 7 nitrogen and oxygen atoms in total. The largest absolute Gasteiger partial charge is 0.490 e. The van der Waals surface area contributed by atoms with E-state index in [4.69, 9.17) is 21.6 Å². The predicted molar refractivity (Wildman–Crippen MR) is 122 cm³/mol. The monoisotopic (exact) mass is 506 g/mol. The molecular formula is C24H22ClF3N4O3. The Morgan fingerprint density at radius 3 is 2.31 bits per heavy atom. The number of hydrogen-bond acceptors (Lipinski definition) is 6. The van der Waals surface area contributed by atoms with Gasteiger partial charge in [-0.05, 0) is 42.5 Å². The van der Waals surface area contributed by atoms with E-state index in [2.05, 4.69) is 4.90 Å². The van der Waals surface area contributed by atoms with E-state index in [1.807, 2.05) is 29.2 Å². The Bertz CT molecular complexity index is 1130. The van der Waals surface area contributed by atoms with Gasteiger partial charge in [-0.1, -0.05) is 17.7 Å². The molecule has 1 amide bonds. The summed E-state index contributed by atoms with van der Waals surface area (Å²) in [4.78, 5) is 30.1. The number of likely N-dealkylation sites (tertiary alicyclic amines) is 1. The highest BCUT2D eigenvalue weighted by molar-refractivity contribution is 6.30. The minimum Gasteiger partial charge on any atom is -0.452 e. The van der Waals surface area contributed by atoms with Crippen LogP contribution in [0.1, 0.15) is 15.9 Å². The van der Waals surface area contributed by atoms with Crippen LogP contribution in [0, 0.1) is 11.3 Å². The van der Waals surface area contributed by atoms with Crippen LogP contribution in [0.5, 0.6) is 0 Å². The van der Waals surface area contributed by atoms with E-state index in [1.165, 1.54) is 29.2 Å². The zero-order chi connectivity index (χ0) is 25.2. The van der Waals surface area contributed by atoms with Gasteiger partial charge < -0.3 is 14.5 Å². The summed E-state index contributed by atoms with van der Waals surface area (Å²) in [6.45, 7) is 2.18. The molecule has 0 N–H and O–H groups in total. The maximum atomic E-state index is 13.0. The van der Waals surface area contributed by atoms with E-state index < -0.39 is 30.2 Å². The molecule has 2 aliphatic heterocycles. The number of nitriles is 1. The summed E-state index contributed by atoms with van der Waals surface area (Å²) >= 11 is 6.08. The van der Waals surface area contributed by atoms with Crippen LogP contribution in [0.4, 0.5) is 18.9 Å². The Morgan fingerprint density at radius 1 is 1.03 bits per heavy atom. The Balaban J connectivity index is 1.48. The number of ether oxygens (including phenoxy) is 1. The van der Waals surface area contributed by atoms with Crippen molar-refractivity contribution in [2.45, 2.75) is 18.3 Å². The van der Waals surface area contributed by atoms with Crippen molar-refractivity contribution in [3.63, 3.8) is 0 Å². The second kappa shape index (κ2) is 10.1. The first kappa shape index (κ1) is 24.8. The molecule has 2 fully saturated rings. The van der Waals surface area contributed by atoms with E-state index in [9.17, 15) is 22.8 Å². The van der Waals surface area contributed by atoms with Gasteiger partial charge in [0.1, 0.15) is 6.10 Å². The first-order valence-electron chi connectivity index (χ1n) is 11.0. The summed E-state index contributed by atoms with van der Waals surface area (Å²) in [6.07, 6.45) is -6.25. The fourth-order valence-corrected chi connectivity index (χ4v) is 4.63. The summed E-state index contributed by atoms with van der Waals surface area (Å²) in [7, 11) is 0. The molecule has 0 bridgehead atoms. The molecule has 0 saturated carbocycles. The molecule has 2 aliphatic rings. The van der Waals surface area contributed by atoms with Gasteiger partial charge in [-0.2, -0.15) is 18.4 Å². The molecule has 2 atom stereocenters. The summed E-state index contributed by atoms with van der Waals surface area (Å²) in [5.41, 5.74) is 1.63. The number of anilines is 1. The summed E-state index contributed by atoms with van der Waals surface area (Å²) in [6, 6.07) is 14.8. The van der Waals surface area contributed by atoms with Gasteiger partial charge >= 0.3 is 12.1 Å². The van der Waals surface area contributed by atoms with Gasteiger partial charge in [0, 0.05) is 49.0 Å². The fourth-order valence-electron chi connectivity index (χ4n) is 4.45. The van der Waals surface area contributed by atoms with E-state index in [-0.39, 0.29) is 13.1 Å². The van der Waals surface area contributed by atoms with E-state index in [0.717, 1.165) is 5.69 Å². The fraction of sp³-hybridized carbons (Fsp3) is 0.375. The smallest absolute Gasteiger partial charge is 0.452 e. The molecular weight excluding hydrogens is 485 g/mol. The maximum absolute atomic E-state index is 13.0. The minimum absolute atomic E-state index is 0.117. The van der Waals surface area contributed by atoms with Crippen molar-refractivity contribution in [2.24, 2.45) is 0 Å². The van der Waals surface area contributed by atoms with Gasteiger partial charge in [0.15, 0.2) is 0 Å². The van der Waals surface area contributed by atoms with Crippen molar-refractivity contribution >= 4 is 29.2 Å². The van der Waals surface area contributed by atoms with Crippen LogP contribution in [-0.4, -0.2) is 79.3 Å². The van der Waals surface area contributed by atoms with Crippen molar-refractivity contribution in [3.05, 3.63) is 64.7 Å². The summed E-state index contributed by atoms with van der Waals surface area (Å²) in [5.74, 6) is -2.67. The third kappa shape index (κ3) is 5.69. The highest BCUT2D eigenvalue weighted by atomic mass is 35.5. The minimum atomic E-state index is -5.12. The zero-order valence-corrected chi connectivity index (χ0v) is 19.3. The average Bonchev–Trinajstić information content (AvgIpc) is 3.27. The summed E-state index contributed by atoms with van der Waals surface area (Å²) in [5, 5.41) is 9.55. The average molecular weight is 507 g/mol. The van der Waals surface area contributed by atoms with Crippen molar-refractivity contribution in [1.82, 2.24) is 9.80 Å². The molecule has 0 unspecified atom stereocenters. The lowest BCUT2D eigenvalue weighted by Crippen LogP contribution is -2.54. The van der Waals surface area contributed by atoms with Crippen LogP contribution in [0.25, 0.3) is 0 Å². The highest BCUT2D eigenvalue weighted by Crippen LogP contribution is 2.27. The number of alkyl halides is 3. The number of carbonyl (C=O) groups excluding carboxylic acids is 2. The highest BCUT2D eigenvalue weighted by Gasteiger charge is 2.47. The van der Waals surface area contributed by atoms with Crippen molar-refractivity contribution in [1.29, 1.82) is 5.26 Å². The number of nitrogens with zero attached hydrogens (tertiary/aromatic N) is 4. The topological polar surface area (TPSA) is 76.9 Å². The molecule has 35 heavy (non-hydrogen) atoms. The van der Waals surface area contributed by atoms with Crippen LogP contribution in [0.15, 0.2) is 48.5 Å². The Hall–Kier alpha value is -3.29. The third-order valence-electron chi connectivity index (χ3n) is 6.23. The van der Waals surface area contributed by atoms with E-state index >= 15 is 0 Å². The molecule has 0 aliphatic carbocycles. The number of rotatable bonds is 4. The number of benzene rings is 2. The second-order valence-corrected chi connectivity index (χ2v) is 8.85. The van der Waals surface area contributed by atoms with Crippen molar-refractivity contribution in [2.75, 3.05) is 44.2 Å². The van der Waals surface area contributed by atoms with Crippen LogP contribution < -0.4 is 4.90 Å². The predicted octanol–water partition coefficient (Wildman–Crippen LogP) is 3.33. The van der Waals surface area contributed by atoms with E-state index in [1.54, 1.807) is 6.07 Å². The molecule has 11 heteroatoms. The lowest BCUT2D eigenvalue weighted by Gasteiger charge is -2.40. The quantitative estimate of drug-likeness (QED) is 0.592. The Morgan fingerprint density at radius 2 is 1.71 bits per heavy atom. The molecule has 184 valence electrons.